The quantitative estimate of drug-likeness (QED) is 0.690. The number of hydrogen-bond donors (Lipinski definition) is 2. The Morgan fingerprint density at radius 1 is 1.12 bits per heavy atom. The van der Waals surface area contributed by atoms with E-state index in [1.807, 2.05) is 44.2 Å². The molecule has 2 rings (SSSR count). The van der Waals surface area contributed by atoms with Gasteiger partial charge in [0.1, 0.15) is 5.82 Å². The molecule has 0 aliphatic carbocycles. The number of thioether (sulfide) groups is 1. The lowest BCUT2D eigenvalue weighted by Gasteiger charge is -2.15. The van der Waals surface area contributed by atoms with Crippen LogP contribution in [0.15, 0.2) is 53.6 Å². The van der Waals surface area contributed by atoms with Crippen LogP contribution in [0.4, 0.5) is 11.5 Å². The molecule has 1 unspecified atom stereocenters. The lowest BCUT2D eigenvalue weighted by molar-refractivity contribution is -0.116. The Bertz CT molecular complexity index is 707. The Labute approximate surface area is 152 Å². The minimum absolute atomic E-state index is 0.00425. The van der Waals surface area contributed by atoms with Gasteiger partial charge in [0, 0.05) is 23.2 Å². The number of carbonyl (C=O) groups excluding carboxylic acids is 2. The van der Waals surface area contributed by atoms with Gasteiger partial charge in [-0.2, -0.15) is 0 Å². The molecule has 0 bridgehead atoms. The van der Waals surface area contributed by atoms with Crippen molar-refractivity contribution in [2.24, 2.45) is 0 Å². The molecule has 1 heterocycles. The standard InChI is InChI=1S/C19H23N3O2S/c1-3-8-18(23)21-14-9-7-10-15(13-14)25-16(4-2)19(24)22-17-11-5-6-12-20-17/h5-7,9-13,16H,3-4,8H2,1-2H3,(H,21,23)(H,20,22,24). The summed E-state index contributed by atoms with van der Waals surface area (Å²) in [6.45, 7) is 3.94. The Balaban J connectivity index is 2.00. The minimum Gasteiger partial charge on any atom is -0.326 e. The van der Waals surface area contributed by atoms with Crippen LogP contribution in [0, 0.1) is 0 Å². The zero-order chi connectivity index (χ0) is 18.1. The van der Waals surface area contributed by atoms with Crippen molar-refractivity contribution in [3.63, 3.8) is 0 Å². The first kappa shape index (κ1) is 19.0. The molecular formula is C19H23N3O2S. The largest absolute Gasteiger partial charge is 0.326 e. The van der Waals surface area contributed by atoms with Crippen molar-refractivity contribution < 1.29 is 9.59 Å². The summed E-state index contributed by atoms with van der Waals surface area (Å²) in [7, 11) is 0. The van der Waals surface area contributed by atoms with Gasteiger partial charge in [0.15, 0.2) is 0 Å². The topological polar surface area (TPSA) is 71.1 Å². The van der Waals surface area contributed by atoms with Crippen LogP contribution >= 0.6 is 11.8 Å². The summed E-state index contributed by atoms with van der Waals surface area (Å²) in [5.74, 6) is 0.475. The number of nitrogens with zero attached hydrogens (tertiary/aromatic N) is 1. The highest BCUT2D eigenvalue weighted by atomic mass is 32.2. The van der Waals surface area contributed by atoms with E-state index in [1.54, 1.807) is 18.3 Å². The molecule has 1 aromatic carbocycles. The van der Waals surface area contributed by atoms with E-state index in [0.29, 0.717) is 18.7 Å². The summed E-state index contributed by atoms with van der Waals surface area (Å²) in [6, 6.07) is 13.0. The fourth-order valence-corrected chi connectivity index (χ4v) is 3.24. The van der Waals surface area contributed by atoms with Crippen molar-refractivity contribution in [1.29, 1.82) is 0 Å². The number of carbonyl (C=O) groups is 2. The molecule has 0 aliphatic heterocycles. The van der Waals surface area contributed by atoms with Gasteiger partial charge >= 0.3 is 0 Å². The van der Waals surface area contributed by atoms with Gasteiger partial charge in [0.05, 0.1) is 5.25 Å². The summed E-state index contributed by atoms with van der Waals surface area (Å²) in [4.78, 5) is 29.2. The molecule has 2 N–H and O–H groups in total. The number of anilines is 2. The highest BCUT2D eigenvalue weighted by Crippen LogP contribution is 2.28. The smallest absolute Gasteiger partial charge is 0.239 e. The number of amides is 2. The van der Waals surface area contributed by atoms with Crippen LogP contribution in [-0.2, 0) is 9.59 Å². The molecule has 0 fully saturated rings. The number of benzene rings is 1. The molecule has 6 heteroatoms. The van der Waals surface area contributed by atoms with Gasteiger partial charge in [0.25, 0.3) is 0 Å². The number of hydrogen-bond acceptors (Lipinski definition) is 4. The molecule has 0 saturated carbocycles. The summed E-state index contributed by atoms with van der Waals surface area (Å²) in [6.07, 6.45) is 3.65. The molecule has 0 radical (unpaired) electrons. The molecule has 2 aromatic rings. The van der Waals surface area contributed by atoms with E-state index < -0.39 is 0 Å². The second-order valence-corrected chi connectivity index (χ2v) is 6.82. The van der Waals surface area contributed by atoms with Gasteiger partial charge < -0.3 is 10.6 Å². The molecule has 0 aliphatic rings. The number of rotatable bonds is 8. The van der Waals surface area contributed by atoms with Crippen molar-refractivity contribution in [2.45, 2.75) is 43.3 Å². The monoisotopic (exact) mass is 357 g/mol. The normalized spacial score (nSPS) is 11.6. The summed E-state index contributed by atoms with van der Waals surface area (Å²) >= 11 is 1.48. The zero-order valence-corrected chi connectivity index (χ0v) is 15.3. The molecule has 0 spiro atoms. The molecule has 132 valence electrons. The second kappa shape index (κ2) is 9.84. The van der Waals surface area contributed by atoms with Crippen molar-refractivity contribution in [1.82, 2.24) is 4.98 Å². The maximum Gasteiger partial charge on any atom is 0.239 e. The zero-order valence-electron chi connectivity index (χ0n) is 14.5. The highest BCUT2D eigenvalue weighted by molar-refractivity contribution is 8.00. The minimum atomic E-state index is -0.233. The van der Waals surface area contributed by atoms with E-state index in [2.05, 4.69) is 15.6 Å². The highest BCUT2D eigenvalue weighted by Gasteiger charge is 2.18. The Kier molecular flexibility index (Phi) is 7.47. The van der Waals surface area contributed by atoms with Gasteiger partial charge in [-0.05, 0) is 43.2 Å². The van der Waals surface area contributed by atoms with Crippen LogP contribution in [0.1, 0.15) is 33.1 Å². The first-order chi connectivity index (χ1) is 12.1. The van der Waals surface area contributed by atoms with Crippen LogP contribution in [0.3, 0.4) is 0 Å². The van der Waals surface area contributed by atoms with Gasteiger partial charge in [0.2, 0.25) is 11.8 Å². The van der Waals surface area contributed by atoms with E-state index in [1.165, 1.54) is 11.8 Å². The lowest BCUT2D eigenvalue weighted by Crippen LogP contribution is -2.25. The first-order valence-electron chi connectivity index (χ1n) is 8.40. The molecular weight excluding hydrogens is 334 g/mol. The van der Waals surface area contributed by atoms with Crippen LogP contribution < -0.4 is 10.6 Å². The number of pyridine rings is 1. The molecule has 1 atom stereocenters. The Morgan fingerprint density at radius 3 is 2.64 bits per heavy atom. The van der Waals surface area contributed by atoms with E-state index in [4.69, 9.17) is 0 Å². The third-order valence-corrected chi connectivity index (χ3v) is 4.81. The van der Waals surface area contributed by atoms with Gasteiger partial charge in [-0.15, -0.1) is 11.8 Å². The van der Waals surface area contributed by atoms with Crippen LogP contribution in [0.25, 0.3) is 0 Å². The fraction of sp³-hybridized carbons (Fsp3) is 0.316. The van der Waals surface area contributed by atoms with E-state index in [-0.39, 0.29) is 17.1 Å². The van der Waals surface area contributed by atoms with Crippen molar-refractivity contribution in [3.05, 3.63) is 48.7 Å². The Hall–Kier alpha value is -2.34. The maximum atomic E-state index is 12.5. The fourth-order valence-electron chi connectivity index (χ4n) is 2.23. The average Bonchev–Trinajstić information content (AvgIpc) is 2.61. The van der Waals surface area contributed by atoms with E-state index >= 15 is 0 Å². The van der Waals surface area contributed by atoms with Crippen LogP contribution in [0.2, 0.25) is 0 Å². The molecule has 5 nitrogen and oxygen atoms in total. The Morgan fingerprint density at radius 2 is 1.96 bits per heavy atom. The summed E-state index contributed by atoms with van der Waals surface area (Å²) in [5.41, 5.74) is 0.753. The predicted molar refractivity (Wildman–Crippen MR) is 103 cm³/mol. The molecule has 2 amide bonds. The molecule has 1 aromatic heterocycles. The summed E-state index contributed by atoms with van der Waals surface area (Å²) in [5, 5.41) is 5.48. The molecule has 25 heavy (non-hydrogen) atoms. The van der Waals surface area contributed by atoms with E-state index in [9.17, 15) is 9.59 Å². The predicted octanol–water partition coefficient (Wildman–Crippen LogP) is 4.33. The van der Waals surface area contributed by atoms with E-state index in [0.717, 1.165) is 17.0 Å². The number of aromatic nitrogens is 1. The third-order valence-electron chi connectivity index (χ3n) is 3.45. The lowest BCUT2D eigenvalue weighted by atomic mass is 10.3. The van der Waals surface area contributed by atoms with Gasteiger partial charge in [-0.1, -0.05) is 26.0 Å². The first-order valence-corrected chi connectivity index (χ1v) is 9.28. The van der Waals surface area contributed by atoms with Crippen molar-refractivity contribution in [2.75, 3.05) is 10.6 Å². The summed E-state index contributed by atoms with van der Waals surface area (Å²) < 4.78 is 0. The SMILES string of the molecule is CCCC(=O)Nc1cccc(SC(CC)C(=O)Nc2ccccn2)c1. The van der Waals surface area contributed by atoms with Gasteiger partial charge in [-0.25, -0.2) is 4.98 Å². The average molecular weight is 357 g/mol. The van der Waals surface area contributed by atoms with Gasteiger partial charge in [-0.3, -0.25) is 9.59 Å². The third kappa shape index (κ3) is 6.23. The molecule has 0 saturated heterocycles. The van der Waals surface area contributed by atoms with Crippen LogP contribution in [0.5, 0.6) is 0 Å². The maximum absolute atomic E-state index is 12.5. The number of nitrogens with one attached hydrogen (secondary N) is 2. The van der Waals surface area contributed by atoms with Crippen LogP contribution in [-0.4, -0.2) is 22.0 Å². The van der Waals surface area contributed by atoms with Crippen molar-refractivity contribution in [3.8, 4) is 0 Å². The van der Waals surface area contributed by atoms with Crippen molar-refractivity contribution >= 4 is 35.1 Å². The second-order valence-electron chi connectivity index (χ2n) is 5.54.